The summed E-state index contributed by atoms with van der Waals surface area (Å²) in [5.41, 5.74) is 3.73. The van der Waals surface area contributed by atoms with Crippen molar-refractivity contribution in [1.29, 1.82) is 0 Å². The zero-order valence-corrected chi connectivity index (χ0v) is 18.3. The molecule has 3 N–H and O–H groups in total. The molecule has 0 unspecified atom stereocenters. The predicted octanol–water partition coefficient (Wildman–Crippen LogP) is 5.93. The van der Waals surface area contributed by atoms with E-state index in [0.717, 1.165) is 28.2 Å². The Morgan fingerprint density at radius 2 is 1.90 bits per heavy atom. The van der Waals surface area contributed by atoms with Gasteiger partial charge in [0, 0.05) is 17.3 Å². The van der Waals surface area contributed by atoms with Crippen molar-refractivity contribution < 1.29 is 14.9 Å². The summed E-state index contributed by atoms with van der Waals surface area (Å²) in [5, 5.41) is 20.0. The number of methoxy groups -OCH3 is 1. The molecule has 8 heteroatoms. The number of aliphatic imine (C=N–C) groups is 1. The lowest BCUT2D eigenvalue weighted by atomic mass is 10.2. The maximum atomic E-state index is 10.2. The summed E-state index contributed by atoms with van der Waals surface area (Å²) in [5.74, 6) is 1.35. The summed E-state index contributed by atoms with van der Waals surface area (Å²) in [4.78, 5) is 12.4. The number of imidazole rings is 1. The van der Waals surface area contributed by atoms with E-state index in [1.54, 1.807) is 13.2 Å². The minimum Gasteiger partial charge on any atom is -0.506 e. The second kappa shape index (κ2) is 7.88. The third kappa shape index (κ3) is 3.86. The Labute approximate surface area is 183 Å². The highest BCUT2D eigenvalue weighted by Gasteiger charge is 2.13. The number of aromatic amines is 1. The molecule has 0 saturated carbocycles. The van der Waals surface area contributed by atoms with Gasteiger partial charge in [0.05, 0.1) is 28.3 Å². The lowest BCUT2D eigenvalue weighted by Gasteiger charge is -2.06. The van der Waals surface area contributed by atoms with Crippen LogP contribution in [0.5, 0.6) is 17.2 Å². The van der Waals surface area contributed by atoms with Crippen LogP contribution in [0.4, 0.5) is 5.69 Å². The van der Waals surface area contributed by atoms with E-state index in [9.17, 15) is 10.2 Å². The first-order chi connectivity index (χ1) is 14.0. The number of hydrogen-bond donors (Lipinski definition) is 3. The number of rotatable bonds is 4. The molecule has 0 aliphatic rings. The van der Waals surface area contributed by atoms with Crippen LogP contribution in [0.25, 0.3) is 22.4 Å². The molecule has 29 heavy (non-hydrogen) atoms. The summed E-state index contributed by atoms with van der Waals surface area (Å²) in [6.45, 7) is 0. The van der Waals surface area contributed by atoms with Crippen molar-refractivity contribution in [3.05, 3.63) is 63.0 Å². The minimum atomic E-state index is -0.0874. The molecule has 0 spiro atoms. The Balaban J connectivity index is 1.67. The summed E-state index contributed by atoms with van der Waals surface area (Å²) < 4.78 is 5.93. The number of benzene rings is 3. The molecule has 0 saturated heterocycles. The standard InChI is InChI=1S/C21H15Br2N3O3/c1-29-14-4-2-3-11(7-14)21-25-16-6-5-13(9-17(16)26-21)24-10-12-8-15(22)20(28)18(23)19(12)27/h2-10,27-28H,1H3,(H,25,26)/b24-10+. The van der Waals surface area contributed by atoms with Gasteiger partial charge in [-0.05, 0) is 68.3 Å². The number of aromatic nitrogens is 2. The van der Waals surface area contributed by atoms with Crippen molar-refractivity contribution in [3.8, 4) is 28.6 Å². The molecule has 0 bridgehead atoms. The zero-order chi connectivity index (χ0) is 20.5. The van der Waals surface area contributed by atoms with E-state index in [1.807, 2.05) is 42.5 Å². The topological polar surface area (TPSA) is 90.7 Å². The lowest BCUT2D eigenvalue weighted by molar-refractivity contribution is 0.415. The number of halogens is 2. The van der Waals surface area contributed by atoms with Crippen molar-refractivity contribution >= 4 is 54.8 Å². The molecule has 1 aromatic heterocycles. The second-order valence-electron chi connectivity index (χ2n) is 6.24. The summed E-state index contributed by atoms with van der Waals surface area (Å²) >= 11 is 6.41. The van der Waals surface area contributed by atoms with E-state index < -0.39 is 0 Å². The van der Waals surface area contributed by atoms with E-state index in [1.165, 1.54) is 6.21 Å². The number of H-pyrrole nitrogens is 1. The SMILES string of the molecule is COc1cccc(-c2nc3cc(/N=C/c4cc(Br)c(O)c(Br)c4O)ccc3[nH]2)c1. The molecule has 1 heterocycles. The number of ether oxygens (including phenoxy) is 1. The number of phenols is 2. The van der Waals surface area contributed by atoms with Gasteiger partial charge in [-0.2, -0.15) is 0 Å². The predicted molar refractivity (Wildman–Crippen MR) is 121 cm³/mol. The highest BCUT2D eigenvalue weighted by Crippen LogP contribution is 2.40. The van der Waals surface area contributed by atoms with Crippen LogP contribution in [0.2, 0.25) is 0 Å². The van der Waals surface area contributed by atoms with Crippen LogP contribution in [0.1, 0.15) is 5.56 Å². The van der Waals surface area contributed by atoms with E-state index in [-0.39, 0.29) is 16.0 Å². The van der Waals surface area contributed by atoms with Gasteiger partial charge in [-0.15, -0.1) is 0 Å². The van der Waals surface area contributed by atoms with Gasteiger partial charge in [-0.3, -0.25) is 4.99 Å². The van der Waals surface area contributed by atoms with E-state index >= 15 is 0 Å². The van der Waals surface area contributed by atoms with Crippen molar-refractivity contribution in [1.82, 2.24) is 9.97 Å². The number of phenolic OH excluding ortho intramolecular Hbond substituents is 2. The van der Waals surface area contributed by atoms with Crippen LogP contribution in [0.3, 0.4) is 0 Å². The fourth-order valence-electron chi connectivity index (χ4n) is 2.84. The molecule has 0 atom stereocenters. The van der Waals surface area contributed by atoms with E-state index in [2.05, 4.69) is 46.8 Å². The van der Waals surface area contributed by atoms with Crippen molar-refractivity contribution in [2.24, 2.45) is 4.99 Å². The normalized spacial score (nSPS) is 11.4. The van der Waals surface area contributed by atoms with E-state index in [4.69, 9.17) is 4.74 Å². The molecule has 6 nitrogen and oxygen atoms in total. The van der Waals surface area contributed by atoms with Crippen molar-refractivity contribution in [2.75, 3.05) is 7.11 Å². The quantitative estimate of drug-likeness (QED) is 0.293. The third-order valence-electron chi connectivity index (χ3n) is 4.36. The number of aromatic hydroxyl groups is 2. The van der Waals surface area contributed by atoms with Crippen LogP contribution >= 0.6 is 31.9 Å². The van der Waals surface area contributed by atoms with Crippen LogP contribution in [-0.4, -0.2) is 33.5 Å². The molecule has 146 valence electrons. The molecule has 0 fully saturated rings. The third-order valence-corrected chi connectivity index (χ3v) is 5.72. The monoisotopic (exact) mass is 515 g/mol. The molecular weight excluding hydrogens is 502 g/mol. The van der Waals surface area contributed by atoms with Gasteiger partial charge in [-0.1, -0.05) is 12.1 Å². The van der Waals surface area contributed by atoms with E-state index in [0.29, 0.717) is 15.7 Å². The van der Waals surface area contributed by atoms with Crippen LogP contribution < -0.4 is 4.74 Å². The van der Waals surface area contributed by atoms with Crippen LogP contribution in [-0.2, 0) is 0 Å². The maximum absolute atomic E-state index is 10.2. The van der Waals surface area contributed by atoms with Gasteiger partial charge in [0.2, 0.25) is 0 Å². The lowest BCUT2D eigenvalue weighted by Crippen LogP contribution is -1.85. The first kappa shape index (κ1) is 19.5. The Kier molecular flexibility index (Phi) is 5.29. The molecule has 0 radical (unpaired) electrons. The van der Waals surface area contributed by atoms with Gasteiger partial charge in [0.15, 0.2) is 0 Å². The number of nitrogens with zero attached hydrogens (tertiary/aromatic N) is 2. The van der Waals surface area contributed by atoms with Crippen molar-refractivity contribution in [2.45, 2.75) is 0 Å². The Morgan fingerprint density at radius 3 is 2.69 bits per heavy atom. The minimum absolute atomic E-state index is 0.0670. The average Bonchev–Trinajstić information content (AvgIpc) is 3.17. The number of hydrogen-bond acceptors (Lipinski definition) is 5. The second-order valence-corrected chi connectivity index (χ2v) is 7.88. The van der Waals surface area contributed by atoms with Gasteiger partial charge in [-0.25, -0.2) is 4.98 Å². The van der Waals surface area contributed by atoms with Gasteiger partial charge >= 0.3 is 0 Å². The zero-order valence-electron chi connectivity index (χ0n) is 15.1. The molecule has 0 aliphatic carbocycles. The fourth-order valence-corrected chi connectivity index (χ4v) is 3.99. The maximum Gasteiger partial charge on any atom is 0.147 e. The number of fused-ring (bicyclic) bond motifs is 1. The number of nitrogens with one attached hydrogen (secondary N) is 1. The van der Waals surface area contributed by atoms with Crippen molar-refractivity contribution in [3.63, 3.8) is 0 Å². The summed E-state index contributed by atoms with van der Waals surface area (Å²) in [6.07, 6.45) is 1.53. The molecule has 4 rings (SSSR count). The van der Waals surface area contributed by atoms with Crippen LogP contribution in [0.15, 0.2) is 62.5 Å². The molecule has 0 aliphatic heterocycles. The van der Waals surface area contributed by atoms with Gasteiger partial charge < -0.3 is 19.9 Å². The molecule has 3 aromatic carbocycles. The smallest absolute Gasteiger partial charge is 0.147 e. The Bertz CT molecular complexity index is 1250. The fraction of sp³-hybridized carbons (Fsp3) is 0.0476. The molecule has 4 aromatic rings. The summed E-state index contributed by atoms with van der Waals surface area (Å²) in [7, 11) is 1.63. The Morgan fingerprint density at radius 1 is 1.07 bits per heavy atom. The van der Waals surface area contributed by atoms with Crippen LogP contribution in [0, 0.1) is 0 Å². The molecular formula is C21H15Br2N3O3. The highest BCUT2D eigenvalue weighted by molar-refractivity contribution is 9.11. The first-order valence-electron chi connectivity index (χ1n) is 8.54. The summed E-state index contributed by atoms with van der Waals surface area (Å²) in [6, 6.07) is 14.9. The first-order valence-corrected chi connectivity index (χ1v) is 10.1. The Hall–Kier alpha value is -2.84. The average molecular weight is 517 g/mol. The van der Waals surface area contributed by atoms with Gasteiger partial charge in [0.1, 0.15) is 27.5 Å². The highest BCUT2D eigenvalue weighted by atomic mass is 79.9. The van der Waals surface area contributed by atoms with Gasteiger partial charge in [0.25, 0.3) is 0 Å². The largest absolute Gasteiger partial charge is 0.506 e. The molecule has 0 amide bonds.